The fourth-order valence-electron chi connectivity index (χ4n) is 1.76. The monoisotopic (exact) mass is 241 g/mol. The number of carbonyl (C=O) groups is 1. The highest BCUT2D eigenvalue weighted by Gasteiger charge is 2.09. The molecule has 0 amide bonds. The van der Waals surface area contributed by atoms with Gasteiger partial charge in [0.05, 0.1) is 0 Å². The summed E-state index contributed by atoms with van der Waals surface area (Å²) in [4.78, 5) is 14.9. The Balaban J connectivity index is 2.16. The number of aromatic nitrogens is 1. The van der Waals surface area contributed by atoms with Crippen molar-refractivity contribution in [2.24, 2.45) is 0 Å². The van der Waals surface area contributed by atoms with Gasteiger partial charge in [0.25, 0.3) is 0 Å². The van der Waals surface area contributed by atoms with Gasteiger partial charge in [0.1, 0.15) is 17.6 Å². The highest BCUT2D eigenvalue weighted by Crippen LogP contribution is 2.24. The van der Waals surface area contributed by atoms with E-state index in [0.29, 0.717) is 28.1 Å². The summed E-state index contributed by atoms with van der Waals surface area (Å²) in [7, 11) is 0. The number of hydrogen-bond donors (Lipinski definition) is 0. The summed E-state index contributed by atoms with van der Waals surface area (Å²) in [5.74, 6) is -0.00381. The van der Waals surface area contributed by atoms with Crippen LogP contribution in [0.3, 0.4) is 0 Å². The Kier molecular flexibility index (Phi) is 2.41. The van der Waals surface area contributed by atoms with E-state index in [-0.39, 0.29) is 5.82 Å². The van der Waals surface area contributed by atoms with Gasteiger partial charge in [-0.3, -0.25) is 4.79 Å². The Labute approximate surface area is 102 Å². The minimum atomic E-state index is -0.344. The predicted molar refractivity (Wildman–Crippen MR) is 64.8 cm³/mol. The van der Waals surface area contributed by atoms with Crippen LogP contribution in [0.15, 0.2) is 46.9 Å². The van der Waals surface area contributed by atoms with Crippen LogP contribution in [-0.4, -0.2) is 11.3 Å². The molecule has 0 aliphatic rings. The van der Waals surface area contributed by atoms with Crippen molar-refractivity contribution in [1.82, 2.24) is 4.98 Å². The van der Waals surface area contributed by atoms with Gasteiger partial charge in [-0.2, -0.15) is 0 Å². The number of oxazole rings is 1. The van der Waals surface area contributed by atoms with E-state index in [1.807, 2.05) is 0 Å². The zero-order valence-corrected chi connectivity index (χ0v) is 9.26. The zero-order valence-electron chi connectivity index (χ0n) is 9.26. The maximum atomic E-state index is 13.1. The molecule has 3 rings (SSSR count). The molecule has 0 spiro atoms. The molecule has 3 aromatic rings. The molecule has 3 nitrogen and oxygen atoms in total. The van der Waals surface area contributed by atoms with Crippen LogP contribution in [0.2, 0.25) is 0 Å². The molecule has 4 heteroatoms. The summed E-state index contributed by atoms with van der Waals surface area (Å²) < 4.78 is 18.6. The van der Waals surface area contributed by atoms with Crippen LogP contribution < -0.4 is 0 Å². The second kappa shape index (κ2) is 4.07. The van der Waals surface area contributed by atoms with Crippen LogP contribution in [-0.2, 0) is 0 Å². The molecule has 0 N–H and O–H groups in total. The number of nitrogens with zero attached hydrogens (tertiary/aromatic N) is 1. The summed E-state index contributed by atoms with van der Waals surface area (Å²) in [6.45, 7) is 0. The van der Waals surface area contributed by atoms with E-state index < -0.39 is 0 Å². The second-order valence-electron chi connectivity index (χ2n) is 3.87. The first-order chi connectivity index (χ1) is 8.76. The molecular formula is C14H8FNO2. The molecule has 1 heterocycles. The van der Waals surface area contributed by atoms with Gasteiger partial charge in [-0.15, -0.1) is 0 Å². The molecule has 0 saturated carbocycles. The van der Waals surface area contributed by atoms with E-state index in [9.17, 15) is 9.18 Å². The largest absolute Gasteiger partial charge is 0.436 e. The van der Waals surface area contributed by atoms with E-state index in [0.717, 1.165) is 6.29 Å². The molecule has 0 saturated heterocycles. The summed E-state index contributed by atoms with van der Waals surface area (Å²) in [5, 5.41) is 0. The quantitative estimate of drug-likeness (QED) is 0.645. The van der Waals surface area contributed by atoms with Gasteiger partial charge in [-0.25, -0.2) is 9.37 Å². The minimum Gasteiger partial charge on any atom is -0.436 e. The smallest absolute Gasteiger partial charge is 0.227 e. The van der Waals surface area contributed by atoms with Gasteiger partial charge >= 0.3 is 0 Å². The van der Waals surface area contributed by atoms with Crippen LogP contribution in [0, 0.1) is 5.82 Å². The number of halogens is 1. The number of aldehydes is 1. The van der Waals surface area contributed by atoms with Crippen molar-refractivity contribution < 1.29 is 13.6 Å². The topological polar surface area (TPSA) is 43.1 Å². The highest BCUT2D eigenvalue weighted by atomic mass is 19.1. The third-order valence-corrected chi connectivity index (χ3v) is 2.62. The molecule has 88 valence electrons. The van der Waals surface area contributed by atoms with Crippen LogP contribution >= 0.6 is 0 Å². The van der Waals surface area contributed by atoms with E-state index in [1.165, 1.54) is 12.1 Å². The molecule has 0 unspecified atom stereocenters. The minimum absolute atomic E-state index is 0.340. The van der Waals surface area contributed by atoms with Crippen LogP contribution in [0.1, 0.15) is 10.4 Å². The Morgan fingerprint density at radius 1 is 1.17 bits per heavy atom. The first-order valence-corrected chi connectivity index (χ1v) is 5.38. The van der Waals surface area contributed by atoms with Gasteiger partial charge in [0.2, 0.25) is 5.89 Å². The number of fused-ring (bicyclic) bond motifs is 1. The molecule has 0 radical (unpaired) electrons. The number of rotatable bonds is 2. The lowest BCUT2D eigenvalue weighted by Crippen LogP contribution is -1.80. The molecule has 0 aliphatic carbocycles. The maximum absolute atomic E-state index is 13.1. The van der Waals surface area contributed by atoms with Crippen molar-refractivity contribution in [2.75, 3.05) is 0 Å². The average Bonchev–Trinajstić information content (AvgIpc) is 2.81. The van der Waals surface area contributed by atoms with Crippen LogP contribution in [0.25, 0.3) is 22.6 Å². The molecule has 0 atom stereocenters. The lowest BCUT2D eigenvalue weighted by atomic mass is 10.2. The van der Waals surface area contributed by atoms with Crippen molar-refractivity contribution >= 4 is 17.4 Å². The Morgan fingerprint density at radius 2 is 2.06 bits per heavy atom. The standard InChI is InChI=1S/C14H8FNO2/c15-11-3-1-2-10(7-11)14-16-12-6-9(8-17)4-5-13(12)18-14/h1-8H. The van der Waals surface area contributed by atoms with Crippen molar-refractivity contribution in [3.63, 3.8) is 0 Å². The van der Waals surface area contributed by atoms with E-state index in [1.54, 1.807) is 30.3 Å². The third kappa shape index (κ3) is 1.78. The van der Waals surface area contributed by atoms with Crippen molar-refractivity contribution in [1.29, 1.82) is 0 Å². The van der Waals surface area contributed by atoms with Gasteiger partial charge in [-0.1, -0.05) is 6.07 Å². The highest BCUT2D eigenvalue weighted by molar-refractivity contribution is 5.84. The molecular weight excluding hydrogens is 233 g/mol. The molecule has 0 aliphatic heterocycles. The number of benzene rings is 2. The third-order valence-electron chi connectivity index (χ3n) is 2.62. The van der Waals surface area contributed by atoms with Gasteiger partial charge in [-0.05, 0) is 36.4 Å². The lowest BCUT2D eigenvalue weighted by molar-refractivity contribution is 0.112. The van der Waals surface area contributed by atoms with Crippen LogP contribution in [0.5, 0.6) is 0 Å². The molecule has 0 bridgehead atoms. The van der Waals surface area contributed by atoms with Gasteiger partial charge < -0.3 is 4.42 Å². The van der Waals surface area contributed by atoms with Crippen molar-refractivity contribution in [3.05, 3.63) is 53.8 Å². The van der Waals surface area contributed by atoms with E-state index >= 15 is 0 Å². The van der Waals surface area contributed by atoms with Crippen molar-refractivity contribution in [3.8, 4) is 11.5 Å². The Morgan fingerprint density at radius 3 is 2.83 bits per heavy atom. The first-order valence-electron chi connectivity index (χ1n) is 5.38. The summed E-state index contributed by atoms with van der Waals surface area (Å²) in [6, 6.07) is 11.0. The first kappa shape index (κ1) is 10.7. The average molecular weight is 241 g/mol. The maximum Gasteiger partial charge on any atom is 0.227 e. The normalized spacial score (nSPS) is 10.7. The summed E-state index contributed by atoms with van der Waals surface area (Å²) >= 11 is 0. The van der Waals surface area contributed by atoms with Crippen molar-refractivity contribution in [2.45, 2.75) is 0 Å². The fourth-order valence-corrected chi connectivity index (χ4v) is 1.76. The molecule has 1 aromatic heterocycles. The Bertz CT molecular complexity index is 733. The Hall–Kier alpha value is -2.49. The van der Waals surface area contributed by atoms with Crippen LogP contribution in [0.4, 0.5) is 4.39 Å². The predicted octanol–water partition coefficient (Wildman–Crippen LogP) is 3.45. The summed E-state index contributed by atoms with van der Waals surface area (Å²) in [5.41, 5.74) is 2.25. The molecule has 18 heavy (non-hydrogen) atoms. The van der Waals surface area contributed by atoms with E-state index in [4.69, 9.17) is 4.42 Å². The number of hydrogen-bond acceptors (Lipinski definition) is 3. The summed E-state index contributed by atoms with van der Waals surface area (Å²) in [6.07, 6.45) is 0.746. The zero-order chi connectivity index (χ0) is 12.5. The second-order valence-corrected chi connectivity index (χ2v) is 3.87. The molecule has 2 aromatic carbocycles. The fraction of sp³-hybridized carbons (Fsp3) is 0. The number of carbonyl (C=O) groups excluding carboxylic acids is 1. The molecule has 0 fully saturated rings. The lowest BCUT2D eigenvalue weighted by Gasteiger charge is -1.93. The van der Waals surface area contributed by atoms with E-state index in [2.05, 4.69) is 4.98 Å². The SMILES string of the molecule is O=Cc1ccc2oc(-c3cccc(F)c3)nc2c1. The van der Waals surface area contributed by atoms with Gasteiger partial charge in [0, 0.05) is 11.1 Å². The van der Waals surface area contributed by atoms with Gasteiger partial charge in [0.15, 0.2) is 5.58 Å².